The number of imide groups is 1. The van der Waals surface area contributed by atoms with Gasteiger partial charge in [0.2, 0.25) is 5.91 Å². The number of aryl methyl sites for hydroxylation is 2. The number of rotatable bonds is 5. The molecule has 0 radical (unpaired) electrons. The molecule has 1 fully saturated rings. The van der Waals surface area contributed by atoms with Crippen LogP contribution in [0.1, 0.15) is 45.2 Å². The van der Waals surface area contributed by atoms with Crippen molar-refractivity contribution in [3.8, 4) is 5.75 Å². The highest BCUT2D eigenvalue weighted by molar-refractivity contribution is 6.34. The topological polar surface area (TPSA) is 84.0 Å². The van der Waals surface area contributed by atoms with Gasteiger partial charge in [-0.1, -0.05) is 31.2 Å². The second-order valence-corrected chi connectivity index (χ2v) is 8.79. The fraction of sp³-hybridized carbons (Fsp3) is 0.214. The smallest absolute Gasteiger partial charge is 0.316 e. The summed E-state index contributed by atoms with van der Waals surface area (Å²) < 4.78 is 5.58. The van der Waals surface area contributed by atoms with Gasteiger partial charge in [0.25, 0.3) is 11.8 Å². The first-order valence-electron chi connectivity index (χ1n) is 11.6. The van der Waals surface area contributed by atoms with Crippen LogP contribution in [0.2, 0.25) is 0 Å². The first-order chi connectivity index (χ1) is 16.9. The maximum Gasteiger partial charge on any atom is 0.316 e. The van der Waals surface area contributed by atoms with Crippen LogP contribution in [0.5, 0.6) is 5.75 Å². The van der Waals surface area contributed by atoms with Gasteiger partial charge in [0, 0.05) is 18.7 Å². The van der Waals surface area contributed by atoms with E-state index in [1.54, 1.807) is 54.3 Å². The molecular weight excluding hydrogens is 444 g/mol. The molecule has 3 aromatic carbocycles. The largest absolute Gasteiger partial charge is 0.426 e. The number of fused-ring (bicyclic) bond motifs is 1. The second kappa shape index (κ2) is 8.83. The zero-order chi connectivity index (χ0) is 24.7. The molecule has 0 unspecified atom stereocenters. The Morgan fingerprint density at radius 2 is 1.60 bits per heavy atom. The maximum atomic E-state index is 12.8. The van der Waals surface area contributed by atoms with Crippen molar-refractivity contribution >= 4 is 35.1 Å². The van der Waals surface area contributed by atoms with Gasteiger partial charge in [-0.05, 0) is 66.9 Å². The molecule has 0 saturated carbocycles. The lowest BCUT2D eigenvalue weighted by Crippen LogP contribution is -2.30. The Balaban J connectivity index is 1.29. The number of ether oxygens (including phenoxy) is 1. The molecule has 3 aromatic rings. The van der Waals surface area contributed by atoms with E-state index < -0.39 is 11.9 Å². The lowest BCUT2D eigenvalue weighted by Gasteiger charge is -2.18. The van der Waals surface area contributed by atoms with Crippen LogP contribution in [0.3, 0.4) is 0 Å². The Hall–Kier alpha value is -4.26. The number of nitrogens with zero attached hydrogens (tertiary/aromatic N) is 2. The van der Waals surface area contributed by atoms with E-state index in [0.717, 1.165) is 17.0 Å². The van der Waals surface area contributed by atoms with Crippen LogP contribution in [0.4, 0.5) is 11.4 Å². The molecular formula is C28H24N2O5. The summed E-state index contributed by atoms with van der Waals surface area (Å²) in [5.41, 5.74) is 3.73. The molecule has 35 heavy (non-hydrogen) atoms. The van der Waals surface area contributed by atoms with Crippen molar-refractivity contribution < 1.29 is 23.9 Å². The lowest BCUT2D eigenvalue weighted by atomic mass is 10.1. The zero-order valence-electron chi connectivity index (χ0n) is 19.5. The number of esters is 1. The first kappa shape index (κ1) is 22.5. The molecule has 3 amide bonds. The second-order valence-electron chi connectivity index (χ2n) is 8.79. The Bertz CT molecular complexity index is 1330. The van der Waals surface area contributed by atoms with Gasteiger partial charge in [-0.3, -0.25) is 19.2 Å². The van der Waals surface area contributed by atoms with Crippen LogP contribution < -0.4 is 14.5 Å². The van der Waals surface area contributed by atoms with Crippen LogP contribution in [0.25, 0.3) is 0 Å². The molecule has 0 aromatic heterocycles. The SMILES string of the molecule is CCc1ccc(N2C[C@@H](C(=O)Oc3ccc(N4C(=O)c5ccccc5C4=O)c(C)c3)CC2=O)cc1. The predicted octanol–water partition coefficient (Wildman–Crippen LogP) is 4.32. The fourth-order valence-electron chi connectivity index (χ4n) is 4.58. The van der Waals surface area contributed by atoms with Crippen LogP contribution in [0, 0.1) is 12.8 Å². The minimum absolute atomic E-state index is 0.0838. The number of hydrogen-bond acceptors (Lipinski definition) is 5. The van der Waals surface area contributed by atoms with Gasteiger partial charge >= 0.3 is 5.97 Å². The Morgan fingerprint density at radius 3 is 2.20 bits per heavy atom. The average Bonchev–Trinajstić information content (AvgIpc) is 3.37. The van der Waals surface area contributed by atoms with E-state index in [1.807, 2.05) is 24.3 Å². The average molecular weight is 469 g/mol. The number of benzene rings is 3. The van der Waals surface area contributed by atoms with Gasteiger partial charge in [-0.15, -0.1) is 0 Å². The minimum atomic E-state index is -0.579. The summed E-state index contributed by atoms with van der Waals surface area (Å²) in [6, 6.07) is 19.2. The summed E-state index contributed by atoms with van der Waals surface area (Å²) in [6.45, 7) is 4.07. The quantitative estimate of drug-likeness (QED) is 0.316. The van der Waals surface area contributed by atoms with Crippen molar-refractivity contribution in [2.24, 2.45) is 5.92 Å². The molecule has 2 aliphatic heterocycles. The lowest BCUT2D eigenvalue weighted by molar-refractivity contribution is -0.139. The normalized spacial score (nSPS) is 17.2. The molecule has 0 bridgehead atoms. The number of carbonyl (C=O) groups excluding carboxylic acids is 4. The van der Waals surface area contributed by atoms with Crippen LogP contribution in [-0.2, 0) is 16.0 Å². The molecule has 0 aliphatic carbocycles. The van der Waals surface area contributed by atoms with Crippen LogP contribution in [0.15, 0.2) is 66.7 Å². The van der Waals surface area contributed by atoms with E-state index in [2.05, 4.69) is 6.92 Å². The van der Waals surface area contributed by atoms with Gasteiger partial charge in [-0.2, -0.15) is 0 Å². The zero-order valence-corrected chi connectivity index (χ0v) is 19.5. The number of hydrogen-bond donors (Lipinski definition) is 0. The van der Waals surface area contributed by atoms with Gasteiger partial charge in [0.15, 0.2) is 0 Å². The molecule has 2 heterocycles. The fourth-order valence-corrected chi connectivity index (χ4v) is 4.58. The molecule has 1 atom stereocenters. The van der Waals surface area contributed by atoms with Crippen LogP contribution in [-0.4, -0.2) is 30.2 Å². The molecule has 2 aliphatic rings. The summed E-state index contributed by atoms with van der Waals surface area (Å²) in [5.74, 6) is -1.65. The maximum absolute atomic E-state index is 12.8. The summed E-state index contributed by atoms with van der Waals surface area (Å²) in [4.78, 5) is 53.7. The summed E-state index contributed by atoms with van der Waals surface area (Å²) in [7, 11) is 0. The number of carbonyl (C=O) groups is 4. The third-order valence-electron chi connectivity index (χ3n) is 6.54. The van der Waals surface area contributed by atoms with E-state index in [-0.39, 0.29) is 30.7 Å². The third-order valence-corrected chi connectivity index (χ3v) is 6.54. The highest BCUT2D eigenvalue weighted by atomic mass is 16.5. The Labute approximate surface area is 202 Å². The molecule has 1 saturated heterocycles. The molecule has 7 heteroatoms. The van der Waals surface area contributed by atoms with E-state index in [1.165, 1.54) is 5.56 Å². The minimum Gasteiger partial charge on any atom is -0.426 e. The summed E-state index contributed by atoms with van der Waals surface area (Å²) in [6.07, 6.45) is 0.995. The van der Waals surface area contributed by atoms with Gasteiger partial charge in [0.05, 0.1) is 22.7 Å². The van der Waals surface area contributed by atoms with Gasteiger partial charge < -0.3 is 9.64 Å². The van der Waals surface area contributed by atoms with Gasteiger partial charge in [0.1, 0.15) is 5.75 Å². The first-order valence-corrected chi connectivity index (χ1v) is 11.6. The highest BCUT2D eigenvalue weighted by Gasteiger charge is 2.38. The van der Waals surface area contributed by atoms with Gasteiger partial charge in [-0.25, -0.2) is 4.90 Å². The van der Waals surface area contributed by atoms with Crippen molar-refractivity contribution in [3.63, 3.8) is 0 Å². The number of anilines is 2. The van der Waals surface area contributed by atoms with E-state index >= 15 is 0 Å². The standard InChI is InChI=1S/C28H24N2O5/c1-3-18-8-10-20(11-9-18)29-16-19(15-25(29)31)28(34)35-21-12-13-24(17(2)14-21)30-26(32)22-6-4-5-7-23(22)27(30)33/h4-14,19H,3,15-16H2,1-2H3/t19-/m0/s1. The van der Waals surface area contributed by atoms with Crippen molar-refractivity contribution in [2.75, 3.05) is 16.3 Å². The van der Waals surface area contributed by atoms with Crippen molar-refractivity contribution in [1.82, 2.24) is 0 Å². The molecule has 7 nitrogen and oxygen atoms in total. The highest BCUT2D eigenvalue weighted by Crippen LogP contribution is 2.33. The van der Waals surface area contributed by atoms with Crippen molar-refractivity contribution in [2.45, 2.75) is 26.7 Å². The molecule has 176 valence electrons. The number of amides is 3. The van der Waals surface area contributed by atoms with Crippen molar-refractivity contribution in [1.29, 1.82) is 0 Å². The summed E-state index contributed by atoms with van der Waals surface area (Å²) >= 11 is 0. The monoisotopic (exact) mass is 468 g/mol. The van der Waals surface area contributed by atoms with E-state index in [0.29, 0.717) is 28.1 Å². The van der Waals surface area contributed by atoms with E-state index in [9.17, 15) is 19.2 Å². The molecule has 0 N–H and O–H groups in total. The van der Waals surface area contributed by atoms with Crippen LogP contribution >= 0.6 is 0 Å². The summed E-state index contributed by atoms with van der Waals surface area (Å²) in [5, 5.41) is 0. The predicted molar refractivity (Wildman–Crippen MR) is 131 cm³/mol. The van der Waals surface area contributed by atoms with E-state index in [4.69, 9.17) is 4.74 Å². The molecule has 0 spiro atoms. The third kappa shape index (κ3) is 3.99. The Morgan fingerprint density at radius 1 is 0.943 bits per heavy atom. The Kier molecular flexibility index (Phi) is 5.68. The molecule has 5 rings (SSSR count). The van der Waals surface area contributed by atoms with Crippen molar-refractivity contribution in [3.05, 3.63) is 89.0 Å².